The highest BCUT2D eigenvalue weighted by atomic mass is 16.3. The van der Waals surface area contributed by atoms with E-state index in [4.69, 9.17) is 4.42 Å². The third-order valence-corrected chi connectivity index (χ3v) is 5.06. The van der Waals surface area contributed by atoms with E-state index < -0.39 is 0 Å². The van der Waals surface area contributed by atoms with Crippen LogP contribution >= 0.6 is 0 Å². The minimum absolute atomic E-state index is 0.0596. The number of nitrogens with one attached hydrogen (secondary N) is 1. The Balaban J connectivity index is 1.57. The third-order valence-electron chi connectivity index (χ3n) is 5.06. The lowest BCUT2D eigenvalue weighted by atomic mass is 9.90. The highest BCUT2D eigenvalue weighted by Crippen LogP contribution is 2.36. The van der Waals surface area contributed by atoms with Crippen LogP contribution in [0.5, 0.6) is 11.5 Å². The van der Waals surface area contributed by atoms with Gasteiger partial charge in [-0.3, -0.25) is 0 Å². The zero-order valence-corrected chi connectivity index (χ0v) is 13.5. The van der Waals surface area contributed by atoms with Crippen molar-refractivity contribution in [2.45, 2.75) is 19.0 Å². The fourth-order valence-electron chi connectivity index (χ4n) is 3.74. The number of phenols is 2. The number of rotatable bonds is 1. The summed E-state index contributed by atoms with van der Waals surface area (Å²) in [4.78, 5) is 0. The molecule has 2 heterocycles. The topological polar surface area (TPSA) is 65.6 Å². The van der Waals surface area contributed by atoms with Crippen molar-refractivity contribution in [1.82, 2.24) is 5.32 Å². The average Bonchev–Trinajstić information content (AvgIpc) is 3.00. The van der Waals surface area contributed by atoms with Gasteiger partial charge in [-0.1, -0.05) is 24.3 Å². The van der Waals surface area contributed by atoms with E-state index >= 15 is 0 Å². The van der Waals surface area contributed by atoms with Crippen molar-refractivity contribution in [2.24, 2.45) is 0 Å². The summed E-state index contributed by atoms with van der Waals surface area (Å²) in [5.74, 6) is -0.124. The number of furan rings is 1. The Hall–Kier alpha value is -2.98. The molecule has 1 atom stereocenters. The Labute approximate surface area is 144 Å². The summed E-state index contributed by atoms with van der Waals surface area (Å²) >= 11 is 0. The minimum Gasteiger partial charge on any atom is -0.504 e. The molecule has 0 fully saturated rings. The quantitative estimate of drug-likeness (QED) is 0.453. The van der Waals surface area contributed by atoms with E-state index in [9.17, 15) is 10.2 Å². The SMILES string of the molecule is Oc1cc2c(cc1O)CC(c1ccc3oc4ccccc4c3c1)NC2. The van der Waals surface area contributed by atoms with Crippen LogP contribution in [-0.4, -0.2) is 10.2 Å². The maximum Gasteiger partial charge on any atom is 0.157 e. The molecule has 3 aromatic carbocycles. The van der Waals surface area contributed by atoms with Crippen LogP contribution in [0.3, 0.4) is 0 Å². The summed E-state index contributed by atoms with van der Waals surface area (Å²) in [6.45, 7) is 0.665. The second-order valence-corrected chi connectivity index (χ2v) is 6.60. The van der Waals surface area contributed by atoms with Gasteiger partial charge in [0.25, 0.3) is 0 Å². The molecule has 124 valence electrons. The second-order valence-electron chi connectivity index (χ2n) is 6.60. The number of para-hydroxylation sites is 1. The summed E-state index contributed by atoms with van der Waals surface area (Å²) in [7, 11) is 0. The molecular weight excluding hydrogens is 314 g/mol. The highest BCUT2D eigenvalue weighted by Gasteiger charge is 2.22. The first-order chi connectivity index (χ1) is 12.2. The second kappa shape index (κ2) is 5.26. The van der Waals surface area contributed by atoms with Gasteiger partial charge < -0.3 is 19.9 Å². The molecule has 0 radical (unpaired) electrons. The largest absolute Gasteiger partial charge is 0.504 e. The summed E-state index contributed by atoms with van der Waals surface area (Å²) in [5, 5.41) is 25.2. The summed E-state index contributed by atoms with van der Waals surface area (Å²) in [5.41, 5.74) is 5.08. The molecular formula is C21H17NO3. The Bertz CT molecular complexity index is 1110. The van der Waals surface area contributed by atoms with Gasteiger partial charge in [-0.15, -0.1) is 0 Å². The van der Waals surface area contributed by atoms with Gasteiger partial charge in [0, 0.05) is 23.4 Å². The molecule has 0 spiro atoms. The maximum atomic E-state index is 9.78. The summed E-state index contributed by atoms with van der Waals surface area (Å²) in [6.07, 6.45) is 0.768. The van der Waals surface area contributed by atoms with Crippen LogP contribution in [0.1, 0.15) is 22.7 Å². The first-order valence-electron chi connectivity index (χ1n) is 8.37. The van der Waals surface area contributed by atoms with Crippen molar-refractivity contribution >= 4 is 21.9 Å². The predicted molar refractivity (Wildman–Crippen MR) is 96.8 cm³/mol. The van der Waals surface area contributed by atoms with E-state index in [0.29, 0.717) is 6.54 Å². The molecule has 4 aromatic rings. The molecule has 0 bridgehead atoms. The fraction of sp³-hybridized carbons (Fsp3) is 0.143. The van der Waals surface area contributed by atoms with E-state index in [0.717, 1.165) is 39.5 Å². The number of aromatic hydroxyl groups is 2. The Morgan fingerprint density at radius 2 is 1.60 bits per heavy atom. The number of hydrogen-bond donors (Lipinski definition) is 3. The number of benzene rings is 3. The van der Waals surface area contributed by atoms with Gasteiger partial charge >= 0.3 is 0 Å². The van der Waals surface area contributed by atoms with Gasteiger partial charge in [0.1, 0.15) is 11.2 Å². The van der Waals surface area contributed by atoms with Crippen molar-refractivity contribution < 1.29 is 14.6 Å². The van der Waals surface area contributed by atoms with Crippen molar-refractivity contribution in [3.8, 4) is 11.5 Å². The van der Waals surface area contributed by atoms with Gasteiger partial charge in [-0.05, 0) is 53.4 Å². The van der Waals surface area contributed by atoms with Gasteiger partial charge in [-0.25, -0.2) is 0 Å². The zero-order chi connectivity index (χ0) is 17.0. The predicted octanol–water partition coefficient (Wildman–Crippen LogP) is 4.38. The van der Waals surface area contributed by atoms with Crippen LogP contribution in [0.25, 0.3) is 21.9 Å². The molecule has 1 unspecified atom stereocenters. The van der Waals surface area contributed by atoms with E-state index in [1.165, 1.54) is 5.56 Å². The number of fused-ring (bicyclic) bond motifs is 4. The van der Waals surface area contributed by atoms with Crippen molar-refractivity contribution in [3.63, 3.8) is 0 Å². The fourth-order valence-corrected chi connectivity index (χ4v) is 3.74. The average molecular weight is 331 g/mol. The first-order valence-corrected chi connectivity index (χ1v) is 8.37. The molecule has 1 aliphatic rings. The van der Waals surface area contributed by atoms with Gasteiger partial charge in [0.2, 0.25) is 0 Å². The molecule has 0 saturated carbocycles. The smallest absolute Gasteiger partial charge is 0.157 e. The molecule has 4 heteroatoms. The molecule has 0 saturated heterocycles. The normalized spacial score (nSPS) is 17.0. The van der Waals surface area contributed by atoms with Gasteiger partial charge in [0.15, 0.2) is 11.5 Å². The van der Waals surface area contributed by atoms with Crippen LogP contribution in [-0.2, 0) is 13.0 Å². The maximum absolute atomic E-state index is 9.78. The summed E-state index contributed by atoms with van der Waals surface area (Å²) in [6, 6.07) is 17.8. The van der Waals surface area contributed by atoms with Crippen molar-refractivity contribution in [1.29, 1.82) is 0 Å². The molecule has 4 nitrogen and oxygen atoms in total. The Morgan fingerprint density at radius 1 is 0.840 bits per heavy atom. The lowest BCUT2D eigenvalue weighted by Gasteiger charge is -2.27. The van der Waals surface area contributed by atoms with Crippen LogP contribution in [0.15, 0.2) is 59.0 Å². The molecule has 1 aliphatic heterocycles. The Kier molecular flexibility index (Phi) is 3.02. The zero-order valence-electron chi connectivity index (χ0n) is 13.5. The molecule has 5 rings (SSSR count). The lowest BCUT2D eigenvalue weighted by Crippen LogP contribution is -2.28. The first kappa shape index (κ1) is 14.4. The van der Waals surface area contributed by atoms with Crippen LogP contribution in [0, 0.1) is 0 Å². The number of phenolic OH excluding ortho intramolecular Hbond substituents is 2. The van der Waals surface area contributed by atoms with Gasteiger partial charge in [-0.2, -0.15) is 0 Å². The molecule has 0 amide bonds. The molecule has 3 N–H and O–H groups in total. The minimum atomic E-state index is -0.0645. The monoisotopic (exact) mass is 331 g/mol. The van der Waals surface area contributed by atoms with E-state index in [-0.39, 0.29) is 17.5 Å². The van der Waals surface area contributed by atoms with Crippen molar-refractivity contribution in [3.05, 3.63) is 71.3 Å². The summed E-state index contributed by atoms with van der Waals surface area (Å²) < 4.78 is 5.90. The van der Waals surface area contributed by atoms with Crippen LogP contribution in [0.2, 0.25) is 0 Å². The van der Waals surface area contributed by atoms with Crippen LogP contribution in [0.4, 0.5) is 0 Å². The van der Waals surface area contributed by atoms with E-state index in [1.807, 2.05) is 24.3 Å². The van der Waals surface area contributed by atoms with E-state index in [1.54, 1.807) is 12.1 Å². The molecule has 25 heavy (non-hydrogen) atoms. The standard InChI is InChI=1S/C21H17NO3/c23-18-9-13-8-17(22-11-14(13)10-19(18)24)12-5-6-21-16(7-12)15-3-1-2-4-20(15)25-21/h1-7,9-10,17,22-24H,8,11H2. The third kappa shape index (κ3) is 2.26. The highest BCUT2D eigenvalue weighted by molar-refractivity contribution is 6.05. The van der Waals surface area contributed by atoms with Crippen molar-refractivity contribution in [2.75, 3.05) is 0 Å². The molecule has 1 aromatic heterocycles. The van der Waals surface area contributed by atoms with Gasteiger partial charge in [0.05, 0.1) is 0 Å². The molecule has 0 aliphatic carbocycles. The van der Waals surface area contributed by atoms with E-state index in [2.05, 4.69) is 23.5 Å². The lowest BCUT2D eigenvalue weighted by molar-refractivity contribution is 0.399. The van der Waals surface area contributed by atoms with Crippen LogP contribution < -0.4 is 5.32 Å². The Morgan fingerprint density at radius 3 is 2.48 bits per heavy atom. The number of hydrogen-bond acceptors (Lipinski definition) is 4.